The number of aromatic nitrogens is 1. The minimum Gasteiger partial charge on any atom is -0.480 e. The van der Waals surface area contributed by atoms with Crippen molar-refractivity contribution in [2.24, 2.45) is 11.8 Å². The van der Waals surface area contributed by atoms with Crippen molar-refractivity contribution in [3.8, 4) is 5.88 Å². The van der Waals surface area contributed by atoms with Gasteiger partial charge in [-0.3, -0.25) is 14.2 Å². The Balaban J connectivity index is 1.36. The molecule has 3 heterocycles. The number of rotatable bonds is 2. The first-order chi connectivity index (χ1) is 20.4. The van der Waals surface area contributed by atoms with Crippen molar-refractivity contribution >= 4 is 28.7 Å². The zero-order valence-electron chi connectivity index (χ0n) is 23.8. The summed E-state index contributed by atoms with van der Waals surface area (Å²) in [5, 5.41) is 14.3. The normalized spacial score (nSPS) is 29.2. The van der Waals surface area contributed by atoms with Gasteiger partial charge in [0.05, 0.1) is 6.54 Å². The average molecular weight is 578 g/mol. The van der Waals surface area contributed by atoms with E-state index in [1.807, 2.05) is 24.3 Å². The molecule has 1 aromatic carbocycles. The summed E-state index contributed by atoms with van der Waals surface area (Å²) >= 11 is 0. The van der Waals surface area contributed by atoms with Gasteiger partial charge in [-0.1, -0.05) is 43.2 Å². The van der Waals surface area contributed by atoms with Crippen LogP contribution >= 0.6 is 0 Å². The molecule has 2 aliphatic carbocycles. The molecule has 6 rings (SSSR count). The average Bonchev–Trinajstić information content (AvgIpc) is 3.74. The quantitative estimate of drug-likeness (QED) is 0.511. The maximum Gasteiger partial charge on any atom is 0.408 e. The van der Waals surface area contributed by atoms with Crippen molar-refractivity contribution in [2.75, 3.05) is 6.54 Å². The maximum atomic E-state index is 14.0. The van der Waals surface area contributed by atoms with Crippen LogP contribution in [-0.2, 0) is 20.9 Å². The number of aliphatic carboxylic acids is 1. The molecule has 0 radical (unpaired) electrons. The van der Waals surface area contributed by atoms with E-state index in [0.717, 1.165) is 56.8 Å². The van der Waals surface area contributed by atoms with E-state index in [1.54, 1.807) is 10.6 Å². The molecule has 3 fully saturated rings. The maximum absolute atomic E-state index is 14.0. The van der Waals surface area contributed by atoms with Gasteiger partial charge in [0.25, 0.3) is 5.56 Å². The van der Waals surface area contributed by atoms with Crippen molar-refractivity contribution in [3.63, 3.8) is 0 Å². The van der Waals surface area contributed by atoms with Gasteiger partial charge in [-0.2, -0.15) is 0 Å². The highest BCUT2D eigenvalue weighted by molar-refractivity contribution is 5.90. The minimum atomic E-state index is -1.12. The number of hydrogen-bond acceptors (Lipinski definition) is 6. The van der Waals surface area contributed by atoms with Crippen LogP contribution in [-0.4, -0.2) is 63.4 Å². The Morgan fingerprint density at radius 1 is 0.952 bits per heavy atom. The molecule has 2 N–H and O–H groups in total. The summed E-state index contributed by atoms with van der Waals surface area (Å²) in [6, 6.07) is 7.19. The molecular formula is C32H39N3O7. The Morgan fingerprint density at radius 2 is 1.74 bits per heavy atom. The number of nitrogens with zero attached hydrogens (tertiary/aromatic N) is 2. The molecular weight excluding hydrogens is 538 g/mol. The Hall–Kier alpha value is -3.82. The smallest absolute Gasteiger partial charge is 0.408 e. The Bertz CT molecular complexity index is 1430. The number of amides is 2. The molecule has 10 heteroatoms. The van der Waals surface area contributed by atoms with Crippen molar-refractivity contribution < 1.29 is 29.0 Å². The number of ether oxygens (including phenoxy) is 2. The molecule has 42 heavy (non-hydrogen) atoms. The first-order valence-corrected chi connectivity index (χ1v) is 15.3. The van der Waals surface area contributed by atoms with Crippen LogP contribution in [0.5, 0.6) is 5.88 Å². The zero-order valence-corrected chi connectivity index (χ0v) is 23.8. The van der Waals surface area contributed by atoms with Gasteiger partial charge in [-0.25, -0.2) is 9.59 Å². The number of carboxylic acids is 1. The predicted octanol–water partition coefficient (Wildman–Crippen LogP) is 4.24. The molecule has 5 atom stereocenters. The zero-order chi connectivity index (χ0) is 29.2. The minimum absolute atomic E-state index is 0.0430. The summed E-state index contributed by atoms with van der Waals surface area (Å²) in [5.74, 6) is -1.08. The topological polar surface area (TPSA) is 127 Å². The van der Waals surface area contributed by atoms with E-state index in [1.165, 1.54) is 4.90 Å². The van der Waals surface area contributed by atoms with Crippen LogP contribution in [0.2, 0.25) is 0 Å². The number of allylic oxidation sites excluding steroid dienone is 2. The van der Waals surface area contributed by atoms with E-state index in [9.17, 15) is 24.3 Å². The first-order valence-electron chi connectivity index (χ1n) is 15.3. The second kappa shape index (κ2) is 12.2. The molecule has 2 bridgehead atoms. The number of carboxylic acid groups (broad SMARTS) is 1. The van der Waals surface area contributed by atoms with Gasteiger partial charge >= 0.3 is 12.1 Å². The number of pyridine rings is 1. The third kappa shape index (κ3) is 5.76. The summed E-state index contributed by atoms with van der Waals surface area (Å²) < 4.78 is 13.8. The Labute approximate surface area is 244 Å². The van der Waals surface area contributed by atoms with Gasteiger partial charge in [0, 0.05) is 24.4 Å². The summed E-state index contributed by atoms with van der Waals surface area (Å²) in [5.41, 5.74) is -0.167. The van der Waals surface area contributed by atoms with Gasteiger partial charge < -0.3 is 24.8 Å². The largest absolute Gasteiger partial charge is 0.480 e. The number of nitrogens with one attached hydrogen (secondary N) is 1. The van der Waals surface area contributed by atoms with Crippen LogP contribution in [0.1, 0.15) is 64.2 Å². The van der Waals surface area contributed by atoms with E-state index < -0.39 is 36.2 Å². The lowest BCUT2D eigenvalue weighted by Gasteiger charge is -2.31. The van der Waals surface area contributed by atoms with Crippen molar-refractivity contribution in [1.29, 1.82) is 0 Å². The van der Waals surface area contributed by atoms with Crippen molar-refractivity contribution in [1.82, 2.24) is 14.8 Å². The molecule has 2 saturated carbocycles. The SMILES string of the molecule is O=C1N[C@@H](C2CCCC2)C(=O)N2C[C@@H](C[C@H]2C(=O)O)Oc2cc3ccccc3c(=O)n2CCC=CC[C@@H]2CCC[C@H]2O1. The molecule has 0 unspecified atom stereocenters. The van der Waals surface area contributed by atoms with Crippen LogP contribution in [0.15, 0.2) is 47.3 Å². The first kappa shape index (κ1) is 28.3. The van der Waals surface area contributed by atoms with Crippen LogP contribution in [0.3, 0.4) is 0 Å². The second-order valence-electron chi connectivity index (χ2n) is 12.1. The molecule has 2 amide bonds. The molecule has 224 valence electrons. The molecule has 2 aromatic rings. The molecule has 1 aromatic heterocycles. The van der Waals surface area contributed by atoms with E-state index >= 15 is 0 Å². The van der Waals surface area contributed by atoms with Crippen molar-refractivity contribution in [3.05, 3.63) is 52.8 Å². The number of alkyl carbamates (subject to hydrolysis) is 1. The highest BCUT2D eigenvalue weighted by atomic mass is 16.6. The molecule has 2 aliphatic heterocycles. The van der Waals surface area contributed by atoms with Gasteiger partial charge in [-0.05, 0) is 68.2 Å². The lowest BCUT2D eigenvalue weighted by Crippen LogP contribution is -2.55. The Kier molecular flexibility index (Phi) is 8.22. The summed E-state index contributed by atoms with van der Waals surface area (Å²) in [6.07, 6.45) is 10.3. The third-order valence-electron chi connectivity index (χ3n) is 9.48. The highest BCUT2D eigenvalue weighted by Gasteiger charge is 2.46. The second-order valence-corrected chi connectivity index (χ2v) is 12.1. The third-order valence-corrected chi connectivity index (χ3v) is 9.48. The van der Waals surface area contributed by atoms with Gasteiger partial charge in [0.1, 0.15) is 24.3 Å². The number of fused-ring (bicyclic) bond motifs is 5. The lowest BCUT2D eigenvalue weighted by atomic mass is 9.96. The predicted molar refractivity (Wildman–Crippen MR) is 155 cm³/mol. The lowest BCUT2D eigenvalue weighted by molar-refractivity contribution is -0.149. The number of hydrogen-bond donors (Lipinski definition) is 2. The van der Waals surface area contributed by atoms with Crippen LogP contribution in [0, 0.1) is 11.8 Å². The fraction of sp³-hybridized carbons (Fsp3) is 0.562. The van der Waals surface area contributed by atoms with Crippen LogP contribution in [0.4, 0.5) is 4.79 Å². The number of carbonyl (C=O) groups excluding carboxylic acids is 2. The van der Waals surface area contributed by atoms with Gasteiger partial charge in [-0.15, -0.1) is 0 Å². The van der Waals surface area contributed by atoms with Gasteiger partial charge in [0.15, 0.2) is 5.88 Å². The number of benzene rings is 1. The van der Waals surface area contributed by atoms with E-state index in [2.05, 4.69) is 17.5 Å². The standard InChI is InChI=1S/C32H39N3O7/c36-29-24-14-6-5-12-22(24)17-27-34(29)16-7-1-2-9-20-13-8-15-26(20)42-32(40)33-28(21-10-3-4-11-21)30(37)35-19-23(41-27)18-25(35)31(38)39/h1-2,5-6,12,14,17,20-21,23,25-26,28H,3-4,7-11,13,15-16,18-19H2,(H,33,40)(H,38,39)/t20-,23-,25+,26-,28+/m1/s1. The Morgan fingerprint density at radius 3 is 2.55 bits per heavy atom. The summed E-state index contributed by atoms with van der Waals surface area (Å²) in [6.45, 7) is 0.436. The van der Waals surface area contributed by atoms with E-state index in [-0.39, 0.29) is 36.5 Å². The summed E-state index contributed by atoms with van der Waals surface area (Å²) in [4.78, 5) is 54.4. The molecule has 0 spiro atoms. The monoisotopic (exact) mass is 577 g/mol. The van der Waals surface area contributed by atoms with E-state index in [4.69, 9.17) is 9.47 Å². The molecule has 4 aliphatic rings. The summed E-state index contributed by atoms with van der Waals surface area (Å²) in [7, 11) is 0. The highest BCUT2D eigenvalue weighted by Crippen LogP contribution is 2.34. The fourth-order valence-corrected chi connectivity index (χ4v) is 7.28. The fourth-order valence-electron chi connectivity index (χ4n) is 7.28. The van der Waals surface area contributed by atoms with E-state index in [0.29, 0.717) is 24.2 Å². The molecule has 10 nitrogen and oxygen atoms in total. The van der Waals surface area contributed by atoms with Gasteiger partial charge in [0.2, 0.25) is 5.91 Å². The molecule has 1 saturated heterocycles. The van der Waals surface area contributed by atoms with Crippen LogP contribution < -0.4 is 15.6 Å². The van der Waals surface area contributed by atoms with Crippen molar-refractivity contribution in [2.45, 2.75) is 95.0 Å². The van der Waals surface area contributed by atoms with Crippen LogP contribution in [0.25, 0.3) is 10.8 Å². The number of carbonyl (C=O) groups is 3.